The second-order valence-electron chi connectivity index (χ2n) is 5.44. The maximum atomic E-state index is 12.2. The van der Waals surface area contributed by atoms with Crippen LogP contribution in [0.25, 0.3) is 0 Å². The average Bonchev–Trinajstić information content (AvgIpc) is 2.76. The Bertz CT molecular complexity index is 708. The van der Waals surface area contributed by atoms with Crippen LogP contribution in [0.5, 0.6) is 0 Å². The summed E-state index contributed by atoms with van der Waals surface area (Å²) in [5.74, 6) is -1.40. The zero-order valence-electron chi connectivity index (χ0n) is 12.3. The number of para-hydroxylation sites is 1. The summed E-state index contributed by atoms with van der Waals surface area (Å²) in [6.45, 7) is 5.23. The number of fused-ring (bicyclic) bond motifs is 1. The first-order valence-electron chi connectivity index (χ1n) is 6.91. The van der Waals surface area contributed by atoms with E-state index in [1.54, 1.807) is 24.3 Å². The van der Waals surface area contributed by atoms with E-state index in [-0.39, 0.29) is 11.6 Å². The second-order valence-corrected chi connectivity index (χ2v) is 6.98. The van der Waals surface area contributed by atoms with Gasteiger partial charge in [0.1, 0.15) is 11.4 Å². The van der Waals surface area contributed by atoms with Crippen LogP contribution in [0.4, 0.5) is 10.5 Å². The van der Waals surface area contributed by atoms with Crippen molar-refractivity contribution in [3.05, 3.63) is 42.6 Å². The number of hydrogen-bond acceptors (Lipinski definition) is 4. The van der Waals surface area contributed by atoms with Gasteiger partial charge in [-0.2, -0.15) is 0 Å². The summed E-state index contributed by atoms with van der Waals surface area (Å²) in [6.07, 6.45) is 0. The number of amides is 3. The molecular formula is C15H15N3O4S. The molecule has 1 aromatic rings. The molecule has 23 heavy (non-hydrogen) atoms. The Morgan fingerprint density at radius 1 is 1.35 bits per heavy atom. The van der Waals surface area contributed by atoms with Crippen molar-refractivity contribution in [1.29, 1.82) is 0 Å². The molecule has 0 radical (unpaired) electrons. The van der Waals surface area contributed by atoms with Gasteiger partial charge in [-0.05, 0) is 19.1 Å². The molecule has 3 rings (SSSR count). The maximum Gasteiger partial charge on any atom is 0.325 e. The van der Waals surface area contributed by atoms with Gasteiger partial charge in [-0.25, -0.2) is 4.79 Å². The number of anilines is 1. The molecule has 2 aliphatic rings. The topological polar surface area (TPSA) is 98.7 Å². The monoisotopic (exact) mass is 333 g/mol. The SMILES string of the molecule is C=C1N2C(=O)C(NC(=O)Nc3ccccc3)[C@H]2SC1(C)C(=O)O. The highest BCUT2D eigenvalue weighted by atomic mass is 32.2. The molecule has 0 aromatic heterocycles. The minimum Gasteiger partial charge on any atom is -0.480 e. The quantitative estimate of drug-likeness (QED) is 0.727. The van der Waals surface area contributed by atoms with Crippen molar-refractivity contribution in [3.8, 4) is 0 Å². The van der Waals surface area contributed by atoms with Crippen LogP contribution in [0.1, 0.15) is 6.92 Å². The number of hydrogen-bond donors (Lipinski definition) is 3. The summed E-state index contributed by atoms with van der Waals surface area (Å²) in [5.41, 5.74) is 0.846. The predicted octanol–water partition coefficient (Wildman–Crippen LogP) is 1.45. The van der Waals surface area contributed by atoms with Crippen LogP contribution < -0.4 is 10.6 Å². The van der Waals surface area contributed by atoms with E-state index in [4.69, 9.17) is 0 Å². The van der Waals surface area contributed by atoms with Crippen molar-refractivity contribution in [1.82, 2.24) is 10.2 Å². The van der Waals surface area contributed by atoms with Crippen molar-refractivity contribution in [2.45, 2.75) is 23.1 Å². The molecule has 1 aromatic carbocycles. The first kappa shape index (κ1) is 15.4. The molecule has 0 saturated carbocycles. The summed E-state index contributed by atoms with van der Waals surface area (Å²) in [7, 11) is 0. The van der Waals surface area contributed by atoms with Crippen LogP contribution in [0.2, 0.25) is 0 Å². The first-order chi connectivity index (χ1) is 10.8. The first-order valence-corrected chi connectivity index (χ1v) is 7.79. The number of β-lactam (4-membered cyclic amide) rings is 1. The van der Waals surface area contributed by atoms with Crippen molar-refractivity contribution in [2.75, 3.05) is 5.32 Å². The van der Waals surface area contributed by atoms with Gasteiger partial charge < -0.3 is 15.7 Å². The molecule has 2 unspecified atom stereocenters. The fourth-order valence-electron chi connectivity index (χ4n) is 2.55. The molecule has 0 spiro atoms. The number of nitrogens with zero attached hydrogens (tertiary/aromatic N) is 1. The van der Waals surface area contributed by atoms with E-state index in [0.717, 1.165) is 11.8 Å². The standard InChI is InChI=1S/C15H15N3O4S/c1-8-15(2,13(20)21)23-12-10(11(19)18(8)12)17-14(22)16-9-6-4-3-5-7-9/h3-7,10,12H,1H2,2H3,(H,20,21)(H2,16,17,22)/t10?,12-,15?/m1/s1. The minimum absolute atomic E-state index is 0.242. The number of nitrogens with one attached hydrogen (secondary N) is 2. The van der Waals surface area contributed by atoms with Crippen molar-refractivity contribution >= 4 is 35.4 Å². The van der Waals surface area contributed by atoms with E-state index < -0.39 is 28.2 Å². The Balaban J connectivity index is 1.67. The molecule has 0 aliphatic carbocycles. The third-order valence-corrected chi connectivity index (χ3v) is 5.57. The average molecular weight is 333 g/mol. The van der Waals surface area contributed by atoms with E-state index in [9.17, 15) is 19.5 Å². The predicted molar refractivity (Wildman–Crippen MR) is 85.8 cm³/mol. The summed E-state index contributed by atoms with van der Waals surface area (Å²) >= 11 is 1.10. The number of benzene rings is 1. The molecule has 3 N–H and O–H groups in total. The number of rotatable bonds is 3. The Kier molecular flexibility index (Phi) is 3.56. The number of carbonyl (C=O) groups excluding carboxylic acids is 2. The van der Waals surface area contributed by atoms with Crippen molar-refractivity contribution < 1.29 is 19.5 Å². The van der Waals surface area contributed by atoms with Gasteiger partial charge in [0.05, 0.1) is 0 Å². The van der Waals surface area contributed by atoms with Crippen LogP contribution in [-0.4, -0.2) is 44.1 Å². The Hall–Kier alpha value is -2.48. The summed E-state index contributed by atoms with van der Waals surface area (Å²) in [6, 6.07) is 7.56. The largest absolute Gasteiger partial charge is 0.480 e. The number of urea groups is 1. The zero-order chi connectivity index (χ0) is 16.8. The molecule has 120 valence electrons. The van der Waals surface area contributed by atoms with Crippen molar-refractivity contribution in [2.24, 2.45) is 0 Å². The summed E-state index contributed by atoms with van der Waals surface area (Å²) in [4.78, 5) is 36.9. The van der Waals surface area contributed by atoms with Gasteiger partial charge in [-0.15, -0.1) is 11.8 Å². The van der Waals surface area contributed by atoms with E-state index in [2.05, 4.69) is 17.2 Å². The smallest absolute Gasteiger partial charge is 0.325 e. The number of carbonyl (C=O) groups is 3. The Labute approximate surface area is 136 Å². The lowest BCUT2D eigenvalue weighted by Crippen LogP contribution is -2.67. The third kappa shape index (κ3) is 2.35. The molecule has 7 nitrogen and oxygen atoms in total. The number of thioether (sulfide) groups is 1. The van der Waals surface area contributed by atoms with Gasteiger partial charge in [-0.1, -0.05) is 24.8 Å². The van der Waals surface area contributed by atoms with Crippen LogP contribution in [0.3, 0.4) is 0 Å². The lowest BCUT2D eigenvalue weighted by molar-refractivity contribution is -0.142. The molecule has 2 fully saturated rings. The Morgan fingerprint density at radius 2 is 2.00 bits per heavy atom. The minimum atomic E-state index is -1.26. The molecule has 2 aliphatic heterocycles. The fraction of sp³-hybridized carbons (Fsp3) is 0.267. The van der Waals surface area contributed by atoms with Gasteiger partial charge >= 0.3 is 12.0 Å². The molecule has 2 saturated heterocycles. The van der Waals surface area contributed by atoms with E-state index in [1.165, 1.54) is 11.8 Å². The highest BCUT2D eigenvalue weighted by Crippen LogP contribution is 2.52. The summed E-state index contributed by atoms with van der Waals surface area (Å²) < 4.78 is -1.26. The molecular weight excluding hydrogens is 318 g/mol. The maximum absolute atomic E-state index is 12.2. The molecule has 3 amide bonds. The highest BCUT2D eigenvalue weighted by Gasteiger charge is 2.63. The molecule has 8 heteroatoms. The third-order valence-electron chi connectivity index (χ3n) is 3.97. The number of aliphatic carboxylic acids is 1. The van der Waals surface area contributed by atoms with Crippen LogP contribution in [0, 0.1) is 0 Å². The lowest BCUT2D eigenvalue weighted by atomic mass is 10.0. The van der Waals surface area contributed by atoms with E-state index in [1.807, 2.05) is 6.07 Å². The van der Waals surface area contributed by atoms with Gasteiger partial charge in [0.25, 0.3) is 5.91 Å². The normalized spacial score (nSPS) is 28.8. The lowest BCUT2D eigenvalue weighted by Gasteiger charge is -2.41. The number of carboxylic acids is 1. The van der Waals surface area contributed by atoms with Crippen molar-refractivity contribution in [3.63, 3.8) is 0 Å². The second kappa shape index (κ2) is 5.31. The number of carboxylic acid groups (broad SMARTS) is 1. The Morgan fingerprint density at radius 3 is 2.61 bits per heavy atom. The van der Waals surface area contributed by atoms with Gasteiger partial charge in [-0.3, -0.25) is 14.5 Å². The molecule has 0 bridgehead atoms. The van der Waals surface area contributed by atoms with Crippen LogP contribution in [0.15, 0.2) is 42.6 Å². The van der Waals surface area contributed by atoms with Gasteiger partial charge in [0, 0.05) is 11.4 Å². The van der Waals surface area contributed by atoms with E-state index >= 15 is 0 Å². The molecule has 3 atom stereocenters. The van der Waals surface area contributed by atoms with Gasteiger partial charge in [0.15, 0.2) is 4.75 Å². The molecule has 2 heterocycles. The van der Waals surface area contributed by atoms with Crippen LogP contribution >= 0.6 is 11.8 Å². The van der Waals surface area contributed by atoms with Crippen LogP contribution in [-0.2, 0) is 9.59 Å². The fourth-order valence-corrected chi connectivity index (χ4v) is 4.02. The van der Waals surface area contributed by atoms with E-state index in [0.29, 0.717) is 5.69 Å². The highest BCUT2D eigenvalue weighted by molar-refractivity contribution is 8.02. The van der Waals surface area contributed by atoms with Gasteiger partial charge in [0.2, 0.25) is 0 Å². The zero-order valence-corrected chi connectivity index (χ0v) is 13.1. The summed E-state index contributed by atoms with van der Waals surface area (Å²) in [5, 5.41) is 14.1.